The van der Waals surface area contributed by atoms with Crippen molar-refractivity contribution in [3.05, 3.63) is 59.7 Å². The van der Waals surface area contributed by atoms with Gasteiger partial charge in [0.2, 0.25) is 0 Å². The van der Waals surface area contributed by atoms with Gasteiger partial charge < -0.3 is 20.7 Å². The summed E-state index contributed by atoms with van der Waals surface area (Å²) in [7, 11) is 0. The molecule has 164 valence electrons. The van der Waals surface area contributed by atoms with E-state index in [0.29, 0.717) is 17.9 Å². The fourth-order valence-electron chi connectivity index (χ4n) is 2.61. The molecule has 0 bridgehead atoms. The summed E-state index contributed by atoms with van der Waals surface area (Å²) in [6.07, 6.45) is -4.88. The molecule has 0 saturated carbocycles. The van der Waals surface area contributed by atoms with Crippen LogP contribution < -0.4 is 16.0 Å². The van der Waals surface area contributed by atoms with Crippen LogP contribution in [-0.2, 0) is 17.5 Å². The Kier molecular flexibility index (Phi) is 7.72. The molecule has 8 heteroatoms. The average molecular weight is 423 g/mol. The van der Waals surface area contributed by atoms with Crippen LogP contribution in [0.1, 0.15) is 38.8 Å². The van der Waals surface area contributed by atoms with Gasteiger partial charge in [0.15, 0.2) is 0 Å². The average Bonchev–Trinajstić information content (AvgIpc) is 2.64. The molecule has 2 aromatic carbocycles. The van der Waals surface area contributed by atoms with Crippen LogP contribution in [0, 0.1) is 0 Å². The minimum Gasteiger partial charge on any atom is -0.448 e. The minimum absolute atomic E-state index is 0.114. The second-order valence-corrected chi connectivity index (χ2v) is 8.12. The van der Waals surface area contributed by atoms with Gasteiger partial charge in [0, 0.05) is 29.5 Å². The summed E-state index contributed by atoms with van der Waals surface area (Å²) in [4.78, 5) is 11.7. The second kappa shape index (κ2) is 9.84. The molecule has 0 fully saturated rings. The molecule has 30 heavy (non-hydrogen) atoms. The molecule has 1 atom stereocenters. The van der Waals surface area contributed by atoms with E-state index in [1.165, 1.54) is 6.07 Å². The fourth-order valence-corrected chi connectivity index (χ4v) is 2.61. The van der Waals surface area contributed by atoms with Crippen molar-refractivity contribution in [2.45, 2.75) is 52.0 Å². The van der Waals surface area contributed by atoms with E-state index in [1.54, 1.807) is 12.1 Å². The molecule has 2 aromatic rings. The number of nitrogens with one attached hydrogen (secondary N) is 3. The van der Waals surface area contributed by atoms with E-state index in [4.69, 9.17) is 4.74 Å². The lowest BCUT2D eigenvalue weighted by Crippen LogP contribution is -2.42. The summed E-state index contributed by atoms with van der Waals surface area (Å²) in [5, 5.41) is 9.02. The highest BCUT2D eigenvalue weighted by Gasteiger charge is 2.30. The molecule has 1 unspecified atom stereocenters. The van der Waals surface area contributed by atoms with Gasteiger partial charge in [0.25, 0.3) is 0 Å². The summed E-state index contributed by atoms with van der Waals surface area (Å²) >= 11 is 0. The van der Waals surface area contributed by atoms with Gasteiger partial charge in [-0.25, -0.2) is 4.79 Å². The lowest BCUT2D eigenvalue weighted by atomic mass is 10.1. The molecule has 0 spiro atoms. The number of alkyl carbamates (subject to hydrolysis) is 1. The number of rotatable bonds is 7. The number of carbonyl (C=O) groups is 1. The van der Waals surface area contributed by atoms with E-state index in [-0.39, 0.29) is 18.2 Å². The normalized spacial score (nSPS) is 12.9. The molecule has 2 rings (SSSR count). The van der Waals surface area contributed by atoms with Gasteiger partial charge in [-0.3, -0.25) is 0 Å². The first-order valence-corrected chi connectivity index (χ1v) is 9.64. The Labute approximate surface area is 175 Å². The van der Waals surface area contributed by atoms with Crippen LogP contribution in [0.25, 0.3) is 0 Å². The number of para-hydroxylation sites is 1. The van der Waals surface area contributed by atoms with Gasteiger partial charge in [0.05, 0.1) is 5.56 Å². The Morgan fingerprint density at radius 3 is 2.43 bits per heavy atom. The third kappa shape index (κ3) is 7.94. The zero-order valence-electron chi connectivity index (χ0n) is 17.6. The number of hydrogen-bond acceptors (Lipinski definition) is 4. The lowest BCUT2D eigenvalue weighted by Gasteiger charge is -2.21. The molecule has 3 N–H and O–H groups in total. The highest BCUT2D eigenvalue weighted by Crippen LogP contribution is 2.31. The van der Waals surface area contributed by atoms with Crippen molar-refractivity contribution in [3.8, 4) is 0 Å². The van der Waals surface area contributed by atoms with Gasteiger partial charge in [-0.05, 0) is 57.5 Å². The molecule has 0 aromatic heterocycles. The summed E-state index contributed by atoms with van der Waals surface area (Å²) in [6, 6.07) is 12.3. The number of benzene rings is 2. The van der Waals surface area contributed by atoms with Crippen LogP contribution in [0.4, 0.5) is 29.3 Å². The first-order chi connectivity index (χ1) is 13.9. The van der Waals surface area contributed by atoms with E-state index >= 15 is 0 Å². The molecule has 0 aliphatic carbocycles. The van der Waals surface area contributed by atoms with Gasteiger partial charge in [-0.15, -0.1) is 0 Å². The molecular formula is C22H28F3N3O2. The van der Waals surface area contributed by atoms with E-state index < -0.39 is 17.8 Å². The molecular weight excluding hydrogens is 395 g/mol. The SMILES string of the molecule is CC(COC(=O)NC(C)(C)C)NCc1ccccc1Nc1cccc(C(F)(F)F)c1. The lowest BCUT2D eigenvalue weighted by molar-refractivity contribution is -0.137. The smallest absolute Gasteiger partial charge is 0.416 e. The van der Waals surface area contributed by atoms with Gasteiger partial charge in [0.1, 0.15) is 6.61 Å². The van der Waals surface area contributed by atoms with Crippen molar-refractivity contribution < 1.29 is 22.7 Å². The number of carbonyl (C=O) groups excluding carboxylic acids is 1. The number of anilines is 2. The van der Waals surface area contributed by atoms with Crippen molar-refractivity contribution in [1.29, 1.82) is 0 Å². The standard InChI is InChI=1S/C22H28F3N3O2/c1-15(14-30-20(29)28-21(2,3)4)26-13-16-8-5-6-11-19(16)27-18-10-7-9-17(12-18)22(23,24)25/h5-12,15,26-27H,13-14H2,1-4H3,(H,28,29). The minimum atomic E-state index is -4.40. The van der Waals surface area contributed by atoms with E-state index in [0.717, 1.165) is 17.7 Å². The van der Waals surface area contributed by atoms with Gasteiger partial charge in [-0.1, -0.05) is 24.3 Å². The summed E-state index contributed by atoms with van der Waals surface area (Å²) in [5.41, 5.74) is 0.848. The Hall–Kier alpha value is -2.74. The summed E-state index contributed by atoms with van der Waals surface area (Å²) in [5.74, 6) is 0. The van der Waals surface area contributed by atoms with Crippen LogP contribution >= 0.6 is 0 Å². The number of alkyl halides is 3. The van der Waals surface area contributed by atoms with Gasteiger partial charge >= 0.3 is 12.3 Å². The first-order valence-electron chi connectivity index (χ1n) is 9.64. The Bertz CT molecular complexity index is 848. The van der Waals surface area contributed by atoms with Crippen LogP contribution in [0.15, 0.2) is 48.5 Å². The highest BCUT2D eigenvalue weighted by atomic mass is 19.4. The quantitative estimate of drug-likeness (QED) is 0.554. The number of amides is 1. The van der Waals surface area contributed by atoms with E-state index in [2.05, 4.69) is 16.0 Å². The van der Waals surface area contributed by atoms with Crippen LogP contribution in [0.5, 0.6) is 0 Å². The predicted octanol–water partition coefficient (Wildman–Crippen LogP) is 5.45. The van der Waals surface area contributed by atoms with Crippen LogP contribution in [-0.4, -0.2) is 24.3 Å². The molecule has 0 radical (unpaired) electrons. The van der Waals surface area contributed by atoms with Crippen molar-refractivity contribution in [1.82, 2.24) is 10.6 Å². The van der Waals surface area contributed by atoms with Gasteiger partial charge in [-0.2, -0.15) is 13.2 Å². The zero-order valence-corrected chi connectivity index (χ0v) is 17.6. The monoisotopic (exact) mass is 423 g/mol. The second-order valence-electron chi connectivity index (χ2n) is 8.12. The number of hydrogen-bond donors (Lipinski definition) is 3. The third-order valence-electron chi connectivity index (χ3n) is 4.07. The predicted molar refractivity (Wildman–Crippen MR) is 112 cm³/mol. The van der Waals surface area contributed by atoms with Crippen LogP contribution in [0.3, 0.4) is 0 Å². The summed E-state index contributed by atoms with van der Waals surface area (Å²) in [6.45, 7) is 8.12. The zero-order chi connectivity index (χ0) is 22.4. The largest absolute Gasteiger partial charge is 0.448 e. The van der Waals surface area contributed by atoms with Crippen molar-refractivity contribution in [2.24, 2.45) is 0 Å². The maximum Gasteiger partial charge on any atom is 0.416 e. The van der Waals surface area contributed by atoms with E-state index in [1.807, 2.05) is 45.9 Å². The molecule has 0 aliphatic heterocycles. The Morgan fingerprint density at radius 1 is 1.07 bits per heavy atom. The maximum absolute atomic E-state index is 12.9. The van der Waals surface area contributed by atoms with Crippen molar-refractivity contribution in [2.75, 3.05) is 11.9 Å². The molecule has 1 amide bonds. The van der Waals surface area contributed by atoms with Crippen molar-refractivity contribution in [3.63, 3.8) is 0 Å². The third-order valence-corrected chi connectivity index (χ3v) is 4.07. The maximum atomic E-state index is 12.9. The topological polar surface area (TPSA) is 62.4 Å². The van der Waals surface area contributed by atoms with Crippen molar-refractivity contribution >= 4 is 17.5 Å². The highest BCUT2D eigenvalue weighted by molar-refractivity contribution is 5.68. The molecule has 0 aliphatic rings. The Balaban J connectivity index is 1.95. The van der Waals surface area contributed by atoms with Crippen LogP contribution in [0.2, 0.25) is 0 Å². The molecule has 0 heterocycles. The number of ether oxygens (including phenoxy) is 1. The summed E-state index contributed by atoms with van der Waals surface area (Å²) < 4.78 is 44.0. The van der Waals surface area contributed by atoms with E-state index in [9.17, 15) is 18.0 Å². The fraction of sp³-hybridized carbons (Fsp3) is 0.409. The Morgan fingerprint density at radius 2 is 1.77 bits per heavy atom. The number of halogens is 3. The molecule has 0 saturated heterocycles. The first kappa shape index (κ1) is 23.5. The molecule has 5 nitrogen and oxygen atoms in total.